The normalized spacial score (nSPS) is 31.5. The summed E-state index contributed by atoms with van der Waals surface area (Å²) in [4.78, 5) is 2.54. The second-order valence-corrected chi connectivity index (χ2v) is 7.02. The molecule has 20 heavy (non-hydrogen) atoms. The van der Waals surface area contributed by atoms with Crippen LogP contribution in [0.4, 0.5) is 0 Å². The number of rotatable bonds is 7. The van der Waals surface area contributed by atoms with Gasteiger partial charge in [-0.15, -0.1) is 0 Å². The number of nitrogens with zero attached hydrogens (tertiary/aromatic N) is 1. The zero-order chi connectivity index (χ0) is 14.8. The Morgan fingerprint density at radius 3 is 2.60 bits per heavy atom. The van der Waals surface area contributed by atoms with Crippen molar-refractivity contribution in [1.29, 1.82) is 0 Å². The molecular weight excluding hydrogens is 252 g/mol. The predicted octanol–water partition coefficient (Wildman–Crippen LogP) is 1.62. The molecule has 4 nitrogen and oxygen atoms in total. The first-order valence-corrected chi connectivity index (χ1v) is 8.25. The molecule has 1 aliphatic carbocycles. The Morgan fingerprint density at radius 2 is 2.10 bits per heavy atom. The van der Waals surface area contributed by atoms with Crippen molar-refractivity contribution in [2.75, 3.05) is 26.3 Å². The maximum absolute atomic E-state index is 10.1. The lowest BCUT2D eigenvalue weighted by Crippen LogP contribution is -2.63. The second-order valence-electron chi connectivity index (χ2n) is 7.02. The van der Waals surface area contributed by atoms with E-state index in [1.54, 1.807) is 0 Å². The van der Waals surface area contributed by atoms with E-state index in [0.717, 1.165) is 26.1 Å². The molecule has 4 heteroatoms. The molecule has 3 atom stereocenters. The fourth-order valence-electron chi connectivity index (χ4n) is 3.57. The van der Waals surface area contributed by atoms with Crippen LogP contribution in [-0.4, -0.2) is 60.0 Å². The fraction of sp³-hybridized carbons (Fsp3) is 1.00. The van der Waals surface area contributed by atoms with Crippen molar-refractivity contribution in [3.63, 3.8) is 0 Å². The highest BCUT2D eigenvalue weighted by Gasteiger charge is 2.47. The first kappa shape index (κ1) is 16.2. The van der Waals surface area contributed by atoms with Crippen LogP contribution >= 0.6 is 0 Å². The molecule has 0 aromatic carbocycles. The van der Waals surface area contributed by atoms with Crippen LogP contribution < -0.4 is 5.32 Å². The number of morpholine rings is 1. The molecule has 1 aliphatic heterocycles. The number of hydrogen-bond donors (Lipinski definition) is 2. The van der Waals surface area contributed by atoms with Crippen LogP contribution in [-0.2, 0) is 4.74 Å². The molecule has 0 spiro atoms. The zero-order valence-corrected chi connectivity index (χ0v) is 13.6. The van der Waals surface area contributed by atoms with Crippen molar-refractivity contribution < 1.29 is 9.84 Å². The first-order chi connectivity index (χ1) is 9.50. The molecular formula is C16H32N2O2. The lowest BCUT2D eigenvalue weighted by atomic mass is 9.91. The van der Waals surface area contributed by atoms with E-state index in [0.29, 0.717) is 24.1 Å². The van der Waals surface area contributed by atoms with Gasteiger partial charge in [0.1, 0.15) is 0 Å². The van der Waals surface area contributed by atoms with Gasteiger partial charge in [-0.25, -0.2) is 0 Å². The SMILES string of the molecule is CCC1COC(C)CN1CC(CO)(NC(C)C)C1CC1. The minimum absolute atomic E-state index is 0.126. The van der Waals surface area contributed by atoms with Crippen LogP contribution in [0.15, 0.2) is 0 Å². The third-order valence-corrected chi connectivity index (χ3v) is 4.75. The van der Waals surface area contributed by atoms with E-state index in [1.165, 1.54) is 12.8 Å². The van der Waals surface area contributed by atoms with Gasteiger partial charge >= 0.3 is 0 Å². The summed E-state index contributed by atoms with van der Waals surface area (Å²) >= 11 is 0. The average molecular weight is 284 g/mol. The van der Waals surface area contributed by atoms with Crippen LogP contribution in [0.3, 0.4) is 0 Å². The number of nitrogens with one attached hydrogen (secondary N) is 1. The summed E-state index contributed by atoms with van der Waals surface area (Å²) in [6.07, 6.45) is 3.90. The van der Waals surface area contributed by atoms with Crippen molar-refractivity contribution in [2.45, 2.75) is 70.7 Å². The van der Waals surface area contributed by atoms with Crippen molar-refractivity contribution in [2.24, 2.45) is 5.92 Å². The minimum Gasteiger partial charge on any atom is -0.394 e. The number of aliphatic hydroxyl groups is 1. The van der Waals surface area contributed by atoms with Crippen molar-refractivity contribution >= 4 is 0 Å². The van der Waals surface area contributed by atoms with Crippen molar-refractivity contribution in [3.8, 4) is 0 Å². The summed E-state index contributed by atoms with van der Waals surface area (Å²) in [5.41, 5.74) is -0.126. The Bertz CT molecular complexity index is 307. The monoisotopic (exact) mass is 284 g/mol. The molecule has 2 rings (SSSR count). The summed E-state index contributed by atoms with van der Waals surface area (Å²) in [6.45, 7) is 11.7. The smallest absolute Gasteiger partial charge is 0.0674 e. The van der Waals surface area contributed by atoms with E-state index in [4.69, 9.17) is 4.74 Å². The number of aliphatic hydroxyl groups excluding tert-OH is 1. The molecule has 0 aromatic rings. The molecule has 0 bridgehead atoms. The third kappa shape index (κ3) is 3.73. The summed E-state index contributed by atoms with van der Waals surface area (Å²) < 4.78 is 5.79. The van der Waals surface area contributed by atoms with Gasteiger partial charge in [-0.1, -0.05) is 20.8 Å². The summed E-state index contributed by atoms with van der Waals surface area (Å²) in [5.74, 6) is 0.630. The molecule has 0 radical (unpaired) electrons. The average Bonchev–Trinajstić information content (AvgIpc) is 3.22. The second kappa shape index (κ2) is 6.73. The minimum atomic E-state index is -0.126. The number of ether oxygens (including phenoxy) is 1. The van der Waals surface area contributed by atoms with Gasteiger partial charge in [-0.05, 0) is 32.1 Å². The Kier molecular flexibility index (Phi) is 5.46. The van der Waals surface area contributed by atoms with E-state index >= 15 is 0 Å². The molecule has 3 unspecified atom stereocenters. The molecule has 0 amide bonds. The quantitative estimate of drug-likeness (QED) is 0.746. The largest absolute Gasteiger partial charge is 0.394 e. The van der Waals surface area contributed by atoms with Crippen molar-refractivity contribution in [3.05, 3.63) is 0 Å². The molecule has 0 aromatic heterocycles. The molecule has 2 fully saturated rings. The van der Waals surface area contributed by atoms with Gasteiger partial charge < -0.3 is 15.2 Å². The maximum Gasteiger partial charge on any atom is 0.0674 e. The standard InChI is InChI=1S/C16H32N2O2/c1-5-15-9-20-13(4)8-18(15)10-16(11-19,14-6-7-14)17-12(2)3/h12-15,17,19H,5-11H2,1-4H3. The molecule has 1 saturated heterocycles. The highest BCUT2D eigenvalue weighted by molar-refractivity contribution is 5.04. The topological polar surface area (TPSA) is 44.7 Å². The first-order valence-electron chi connectivity index (χ1n) is 8.25. The number of hydrogen-bond acceptors (Lipinski definition) is 4. The van der Waals surface area contributed by atoms with Gasteiger partial charge in [0.25, 0.3) is 0 Å². The maximum atomic E-state index is 10.1. The van der Waals surface area contributed by atoms with E-state index in [2.05, 4.69) is 37.9 Å². The van der Waals surface area contributed by atoms with E-state index < -0.39 is 0 Å². The van der Waals surface area contributed by atoms with Crippen LogP contribution in [0.25, 0.3) is 0 Å². The van der Waals surface area contributed by atoms with Crippen molar-refractivity contribution in [1.82, 2.24) is 10.2 Å². The van der Waals surface area contributed by atoms with Gasteiger partial charge in [-0.2, -0.15) is 0 Å². The van der Waals surface area contributed by atoms with Gasteiger partial charge in [0, 0.05) is 25.2 Å². The molecule has 118 valence electrons. The van der Waals surface area contributed by atoms with Gasteiger partial charge in [0.15, 0.2) is 0 Å². The van der Waals surface area contributed by atoms with Crippen LogP contribution in [0.1, 0.15) is 47.0 Å². The summed E-state index contributed by atoms with van der Waals surface area (Å²) in [6, 6.07) is 0.895. The lowest BCUT2D eigenvalue weighted by Gasteiger charge is -2.45. The van der Waals surface area contributed by atoms with E-state index in [-0.39, 0.29) is 12.1 Å². The van der Waals surface area contributed by atoms with E-state index in [1.807, 2.05) is 0 Å². The van der Waals surface area contributed by atoms with E-state index in [9.17, 15) is 5.11 Å². The van der Waals surface area contributed by atoms with Crippen LogP contribution in [0, 0.1) is 5.92 Å². The molecule has 2 aliphatic rings. The third-order valence-electron chi connectivity index (χ3n) is 4.75. The van der Waals surface area contributed by atoms with Crippen LogP contribution in [0.2, 0.25) is 0 Å². The summed E-state index contributed by atoms with van der Waals surface area (Å²) in [5, 5.41) is 13.8. The fourth-order valence-corrected chi connectivity index (χ4v) is 3.57. The molecule has 2 N–H and O–H groups in total. The Morgan fingerprint density at radius 1 is 1.40 bits per heavy atom. The lowest BCUT2D eigenvalue weighted by molar-refractivity contribution is -0.0708. The molecule has 1 saturated carbocycles. The van der Waals surface area contributed by atoms with Gasteiger partial charge in [0.2, 0.25) is 0 Å². The zero-order valence-electron chi connectivity index (χ0n) is 13.6. The summed E-state index contributed by atoms with van der Waals surface area (Å²) in [7, 11) is 0. The van der Waals surface area contributed by atoms with Crippen LogP contribution in [0.5, 0.6) is 0 Å². The van der Waals surface area contributed by atoms with Gasteiger partial charge in [-0.3, -0.25) is 4.90 Å². The molecule has 1 heterocycles. The predicted molar refractivity (Wildman–Crippen MR) is 81.9 cm³/mol. The highest BCUT2D eigenvalue weighted by atomic mass is 16.5. The Labute approximate surface area is 123 Å². The Hall–Kier alpha value is -0.160. The highest BCUT2D eigenvalue weighted by Crippen LogP contribution is 2.41. The van der Waals surface area contributed by atoms with Gasteiger partial charge in [0.05, 0.1) is 24.9 Å². The Balaban J connectivity index is 2.08.